The van der Waals surface area contributed by atoms with Gasteiger partial charge in [0.1, 0.15) is 0 Å². The van der Waals surface area contributed by atoms with E-state index in [1.807, 2.05) is 0 Å². The van der Waals surface area contributed by atoms with Crippen molar-refractivity contribution in [2.24, 2.45) is 0 Å². The van der Waals surface area contributed by atoms with Gasteiger partial charge in [-0.15, -0.1) is 0 Å². The van der Waals surface area contributed by atoms with Crippen LogP contribution in [0.4, 0.5) is 10.1 Å². The molecule has 1 saturated heterocycles. The van der Waals surface area contributed by atoms with Crippen LogP contribution < -0.4 is 4.90 Å². The number of carbonyl (C=O) groups excluding carboxylic acids is 2. The smallest absolute Gasteiger partial charge is 0.294 e. The van der Waals surface area contributed by atoms with Crippen molar-refractivity contribution in [2.75, 3.05) is 11.4 Å². The van der Waals surface area contributed by atoms with Crippen LogP contribution in [0.2, 0.25) is 5.02 Å². The summed E-state index contributed by atoms with van der Waals surface area (Å²) in [5.74, 6) is -1.83. The minimum atomic E-state index is -0.670. The zero-order valence-electron chi connectivity index (χ0n) is 7.67. The van der Waals surface area contributed by atoms with Crippen molar-refractivity contribution in [1.29, 1.82) is 0 Å². The average molecular weight is 228 g/mol. The number of halogens is 2. The average Bonchev–Trinajstić information content (AvgIpc) is 2.53. The van der Waals surface area contributed by atoms with Crippen LogP contribution in [-0.2, 0) is 9.59 Å². The van der Waals surface area contributed by atoms with Gasteiger partial charge in [-0.05, 0) is 12.1 Å². The van der Waals surface area contributed by atoms with E-state index in [9.17, 15) is 14.0 Å². The zero-order valence-corrected chi connectivity index (χ0v) is 8.42. The van der Waals surface area contributed by atoms with E-state index in [4.69, 9.17) is 11.6 Å². The SMILES string of the molecule is O=C1CCN(c2cccc(Cl)c2F)C1=O. The van der Waals surface area contributed by atoms with Gasteiger partial charge in [0, 0.05) is 13.0 Å². The number of hydrogen-bond donors (Lipinski definition) is 0. The molecule has 78 valence electrons. The summed E-state index contributed by atoms with van der Waals surface area (Å²) in [7, 11) is 0. The maximum Gasteiger partial charge on any atom is 0.294 e. The maximum atomic E-state index is 13.5. The molecule has 0 radical (unpaired) electrons. The largest absolute Gasteiger partial charge is 0.302 e. The molecule has 1 aromatic rings. The van der Waals surface area contributed by atoms with Crippen LogP contribution in [0.1, 0.15) is 6.42 Å². The van der Waals surface area contributed by atoms with Crippen LogP contribution in [0, 0.1) is 5.82 Å². The Hall–Kier alpha value is -1.42. The normalized spacial score (nSPS) is 16.3. The first-order valence-corrected chi connectivity index (χ1v) is 4.78. The summed E-state index contributed by atoms with van der Waals surface area (Å²) in [5.41, 5.74) is 0.0679. The molecular weight excluding hydrogens is 221 g/mol. The molecule has 15 heavy (non-hydrogen) atoms. The van der Waals surface area contributed by atoms with Gasteiger partial charge < -0.3 is 4.90 Å². The van der Waals surface area contributed by atoms with E-state index >= 15 is 0 Å². The van der Waals surface area contributed by atoms with Gasteiger partial charge >= 0.3 is 0 Å². The molecule has 3 nitrogen and oxygen atoms in total. The first-order valence-electron chi connectivity index (χ1n) is 4.40. The van der Waals surface area contributed by atoms with E-state index in [-0.39, 0.29) is 23.7 Å². The van der Waals surface area contributed by atoms with E-state index in [1.165, 1.54) is 18.2 Å². The van der Waals surface area contributed by atoms with Gasteiger partial charge in [-0.2, -0.15) is 0 Å². The van der Waals surface area contributed by atoms with Crippen molar-refractivity contribution in [3.8, 4) is 0 Å². The zero-order chi connectivity index (χ0) is 11.0. The van der Waals surface area contributed by atoms with Crippen molar-refractivity contribution >= 4 is 29.0 Å². The fourth-order valence-corrected chi connectivity index (χ4v) is 1.67. The van der Waals surface area contributed by atoms with Crippen LogP contribution >= 0.6 is 11.6 Å². The van der Waals surface area contributed by atoms with Crippen molar-refractivity contribution in [1.82, 2.24) is 0 Å². The predicted molar refractivity (Wildman–Crippen MR) is 53.4 cm³/mol. The summed E-state index contributed by atoms with van der Waals surface area (Å²) in [5, 5.41) is -0.0559. The number of rotatable bonds is 1. The minimum absolute atomic E-state index is 0.0559. The molecule has 0 unspecified atom stereocenters. The highest BCUT2D eigenvalue weighted by Crippen LogP contribution is 2.27. The molecule has 1 aliphatic heterocycles. The highest BCUT2D eigenvalue weighted by atomic mass is 35.5. The number of nitrogens with zero attached hydrogens (tertiary/aromatic N) is 1. The fourth-order valence-electron chi connectivity index (χ4n) is 1.50. The van der Waals surface area contributed by atoms with Gasteiger partial charge in [0.15, 0.2) is 5.82 Å². The second-order valence-corrected chi connectivity index (χ2v) is 3.61. The maximum absolute atomic E-state index is 13.5. The third kappa shape index (κ3) is 1.61. The molecular formula is C10H7ClFNO2. The van der Waals surface area contributed by atoms with Gasteiger partial charge in [0.25, 0.3) is 5.91 Å². The molecule has 2 rings (SSSR count). The summed E-state index contributed by atoms with van der Waals surface area (Å²) in [6.07, 6.45) is 0.130. The first kappa shape index (κ1) is 10.1. The van der Waals surface area contributed by atoms with Crippen LogP contribution in [0.25, 0.3) is 0 Å². The summed E-state index contributed by atoms with van der Waals surface area (Å²) >= 11 is 5.58. The highest BCUT2D eigenvalue weighted by molar-refractivity contribution is 6.43. The Morgan fingerprint density at radius 2 is 2.07 bits per heavy atom. The summed E-state index contributed by atoms with van der Waals surface area (Å²) in [4.78, 5) is 23.5. The Labute approximate surface area is 90.4 Å². The standard InChI is InChI=1S/C10H7ClFNO2/c11-6-2-1-3-7(9(6)12)13-5-4-8(14)10(13)15/h1-3H,4-5H2. The lowest BCUT2D eigenvalue weighted by molar-refractivity contribution is -0.133. The molecule has 0 atom stereocenters. The van der Waals surface area contributed by atoms with Crippen LogP contribution in [0.15, 0.2) is 18.2 Å². The summed E-state index contributed by atoms with van der Waals surface area (Å²) < 4.78 is 13.5. The monoisotopic (exact) mass is 227 g/mol. The molecule has 0 N–H and O–H groups in total. The number of Topliss-reactive ketones (excluding diaryl/α,β-unsaturated/α-hetero) is 1. The minimum Gasteiger partial charge on any atom is -0.302 e. The Morgan fingerprint density at radius 1 is 1.33 bits per heavy atom. The lowest BCUT2D eigenvalue weighted by Gasteiger charge is -2.15. The molecule has 1 amide bonds. The van der Waals surface area contributed by atoms with Crippen molar-refractivity contribution in [2.45, 2.75) is 6.42 Å². The Bertz CT molecular complexity index is 447. The van der Waals surface area contributed by atoms with Crippen molar-refractivity contribution in [3.63, 3.8) is 0 Å². The van der Waals surface area contributed by atoms with Gasteiger partial charge in [-0.1, -0.05) is 17.7 Å². The van der Waals surface area contributed by atoms with Crippen LogP contribution in [-0.4, -0.2) is 18.2 Å². The highest BCUT2D eigenvalue weighted by Gasteiger charge is 2.32. The number of hydrogen-bond acceptors (Lipinski definition) is 2. The fraction of sp³-hybridized carbons (Fsp3) is 0.200. The van der Waals surface area contributed by atoms with Crippen molar-refractivity contribution < 1.29 is 14.0 Å². The van der Waals surface area contributed by atoms with E-state index in [2.05, 4.69) is 0 Å². The molecule has 1 aromatic carbocycles. The van der Waals surface area contributed by atoms with Gasteiger partial charge in [-0.3, -0.25) is 9.59 Å². The predicted octanol–water partition coefficient (Wildman–Crippen LogP) is 1.78. The van der Waals surface area contributed by atoms with Gasteiger partial charge in [-0.25, -0.2) is 4.39 Å². The Balaban J connectivity index is 2.43. The molecule has 0 aliphatic carbocycles. The lowest BCUT2D eigenvalue weighted by atomic mass is 10.3. The van der Waals surface area contributed by atoms with E-state index in [0.717, 1.165) is 4.90 Å². The molecule has 0 aromatic heterocycles. The second kappa shape index (κ2) is 3.62. The van der Waals surface area contributed by atoms with Gasteiger partial charge in [0.2, 0.25) is 5.78 Å². The Morgan fingerprint density at radius 3 is 2.67 bits per heavy atom. The number of carbonyl (C=O) groups is 2. The van der Waals surface area contributed by atoms with Gasteiger partial charge in [0.05, 0.1) is 10.7 Å². The molecule has 1 fully saturated rings. The summed E-state index contributed by atoms with van der Waals surface area (Å²) in [6, 6.07) is 4.36. The van der Waals surface area contributed by atoms with E-state index in [0.29, 0.717) is 0 Å². The van der Waals surface area contributed by atoms with E-state index < -0.39 is 17.5 Å². The van der Waals surface area contributed by atoms with Crippen LogP contribution in [0.3, 0.4) is 0 Å². The van der Waals surface area contributed by atoms with Crippen LogP contribution in [0.5, 0.6) is 0 Å². The topological polar surface area (TPSA) is 37.4 Å². The lowest BCUT2D eigenvalue weighted by Crippen LogP contribution is -2.27. The second-order valence-electron chi connectivity index (χ2n) is 3.20. The van der Waals surface area contributed by atoms with E-state index in [1.54, 1.807) is 0 Å². The number of benzene rings is 1. The number of anilines is 1. The third-order valence-corrected chi connectivity index (χ3v) is 2.56. The number of ketones is 1. The number of amides is 1. The Kier molecular flexibility index (Phi) is 2.44. The summed E-state index contributed by atoms with van der Waals surface area (Å²) in [6.45, 7) is 0.217. The molecule has 1 aliphatic rings. The quantitative estimate of drug-likeness (QED) is 0.686. The molecule has 0 spiro atoms. The first-order chi connectivity index (χ1) is 7.11. The third-order valence-electron chi connectivity index (χ3n) is 2.27. The molecule has 1 heterocycles. The molecule has 0 saturated carbocycles. The molecule has 0 bridgehead atoms. The molecule has 5 heteroatoms. The van der Waals surface area contributed by atoms with Crippen molar-refractivity contribution in [3.05, 3.63) is 29.0 Å².